The Morgan fingerprint density at radius 3 is 2.19 bits per heavy atom. The third-order valence-electron chi connectivity index (χ3n) is 9.11. The summed E-state index contributed by atoms with van der Waals surface area (Å²) in [4.78, 5) is 0. The van der Waals surface area contributed by atoms with Gasteiger partial charge in [-0.05, 0) is 91.6 Å². The van der Waals surface area contributed by atoms with Gasteiger partial charge in [0.1, 0.15) is 0 Å². The predicted octanol–water partition coefficient (Wildman–Crippen LogP) is 7.52. The highest BCUT2D eigenvalue weighted by atomic mass is 16.3. The Balaban J connectivity index is 1.72. The van der Waals surface area contributed by atoms with E-state index in [2.05, 4.69) is 65.8 Å². The van der Waals surface area contributed by atoms with Crippen molar-refractivity contribution in [1.29, 1.82) is 0 Å². The fourth-order valence-corrected chi connectivity index (χ4v) is 7.16. The van der Waals surface area contributed by atoms with E-state index in [1.807, 2.05) is 26.0 Å². The molecule has 2 fully saturated rings. The van der Waals surface area contributed by atoms with Crippen LogP contribution in [-0.4, -0.2) is 21.4 Å². The Morgan fingerprint density at radius 1 is 0.969 bits per heavy atom. The first-order valence-corrected chi connectivity index (χ1v) is 12.8. The molecule has 1 aromatic carbocycles. The predicted molar refractivity (Wildman–Crippen MR) is 137 cm³/mol. The molecule has 3 rings (SSSR count). The molecule has 0 amide bonds. The monoisotopic (exact) mass is 440 g/mol. The summed E-state index contributed by atoms with van der Waals surface area (Å²) in [5.41, 5.74) is 1.53. The molecule has 2 aliphatic rings. The second kappa shape index (κ2) is 8.58. The lowest BCUT2D eigenvalue weighted by atomic mass is 9.45. The molecule has 2 saturated carbocycles. The normalized spacial score (nSPS) is 34.8. The second-order valence-corrected chi connectivity index (χ2v) is 13.5. The quantitative estimate of drug-likeness (QED) is 0.497. The zero-order chi connectivity index (χ0) is 24.0. The molecule has 0 saturated heterocycles. The van der Waals surface area contributed by atoms with Crippen LogP contribution in [0.1, 0.15) is 111 Å². The van der Waals surface area contributed by atoms with Gasteiger partial charge in [0.15, 0.2) is 0 Å². The second-order valence-electron chi connectivity index (χ2n) is 13.5. The lowest BCUT2D eigenvalue weighted by Gasteiger charge is -2.61. The molecule has 0 aromatic heterocycles. The SMILES string of the molecule is CC(C)(C)c1ccc(/C=C/[C@](C)(O)CC[C@@H]2[C@@]3(C)CCCC(C)(C)[C@@H]3CC[C@@]2(C)O)cc1. The molecular formula is C30H48O2. The van der Waals surface area contributed by atoms with E-state index in [0.29, 0.717) is 17.8 Å². The standard InChI is InChI=1S/C30H48O2/c1-26(2,3)23-12-10-22(11-13-23)14-19-28(6,31)20-15-25-29(7)18-9-17-27(4,5)24(29)16-21-30(25,8)32/h10-14,19,24-25,31-32H,9,15-18,20-21H2,1-8H3/b19-14+/t24-,25+,28-,29-,30+/m0/s1. The molecular weight excluding hydrogens is 392 g/mol. The van der Waals surface area contributed by atoms with Gasteiger partial charge in [-0.3, -0.25) is 0 Å². The number of hydrogen-bond acceptors (Lipinski definition) is 2. The zero-order valence-electron chi connectivity index (χ0n) is 22.0. The van der Waals surface area contributed by atoms with Crippen molar-refractivity contribution in [3.8, 4) is 0 Å². The molecule has 0 radical (unpaired) electrons. The molecule has 180 valence electrons. The molecule has 32 heavy (non-hydrogen) atoms. The van der Waals surface area contributed by atoms with Gasteiger partial charge in [-0.1, -0.05) is 84.4 Å². The Hall–Kier alpha value is -1.12. The van der Waals surface area contributed by atoms with Crippen LogP contribution < -0.4 is 0 Å². The topological polar surface area (TPSA) is 40.5 Å². The van der Waals surface area contributed by atoms with Crippen LogP contribution in [0.3, 0.4) is 0 Å². The van der Waals surface area contributed by atoms with Crippen LogP contribution in [0, 0.1) is 22.7 Å². The molecule has 2 N–H and O–H groups in total. The molecule has 2 aliphatic carbocycles. The Bertz CT molecular complexity index is 806. The van der Waals surface area contributed by atoms with Crippen molar-refractivity contribution in [1.82, 2.24) is 0 Å². The molecule has 0 unspecified atom stereocenters. The number of hydrogen-bond donors (Lipinski definition) is 2. The fourth-order valence-electron chi connectivity index (χ4n) is 7.16. The van der Waals surface area contributed by atoms with Crippen molar-refractivity contribution >= 4 is 6.08 Å². The molecule has 2 nitrogen and oxygen atoms in total. The summed E-state index contributed by atoms with van der Waals surface area (Å²) in [6, 6.07) is 8.63. The van der Waals surface area contributed by atoms with Crippen LogP contribution in [0.2, 0.25) is 0 Å². The van der Waals surface area contributed by atoms with E-state index in [4.69, 9.17) is 0 Å². The summed E-state index contributed by atoms with van der Waals surface area (Å²) >= 11 is 0. The number of rotatable bonds is 5. The minimum Gasteiger partial charge on any atom is -0.390 e. The average Bonchev–Trinajstić information content (AvgIpc) is 2.64. The van der Waals surface area contributed by atoms with Gasteiger partial charge in [0.2, 0.25) is 0 Å². The number of aliphatic hydroxyl groups is 2. The first kappa shape index (κ1) is 25.5. The van der Waals surface area contributed by atoms with Crippen molar-refractivity contribution in [2.75, 3.05) is 0 Å². The van der Waals surface area contributed by atoms with E-state index in [1.165, 1.54) is 24.8 Å². The van der Waals surface area contributed by atoms with Crippen LogP contribution in [-0.2, 0) is 5.41 Å². The largest absolute Gasteiger partial charge is 0.390 e. The van der Waals surface area contributed by atoms with Gasteiger partial charge in [-0.15, -0.1) is 0 Å². The molecule has 0 heterocycles. The maximum Gasteiger partial charge on any atom is 0.0803 e. The summed E-state index contributed by atoms with van der Waals surface area (Å²) < 4.78 is 0. The average molecular weight is 441 g/mol. The smallest absolute Gasteiger partial charge is 0.0803 e. The van der Waals surface area contributed by atoms with E-state index in [-0.39, 0.29) is 16.7 Å². The van der Waals surface area contributed by atoms with Gasteiger partial charge in [-0.2, -0.15) is 0 Å². The van der Waals surface area contributed by atoms with Crippen molar-refractivity contribution < 1.29 is 10.2 Å². The zero-order valence-corrected chi connectivity index (χ0v) is 22.0. The Labute approximate surface area is 197 Å². The van der Waals surface area contributed by atoms with Gasteiger partial charge < -0.3 is 10.2 Å². The number of fused-ring (bicyclic) bond motifs is 1. The summed E-state index contributed by atoms with van der Waals surface area (Å²) in [7, 11) is 0. The fraction of sp³-hybridized carbons (Fsp3) is 0.733. The molecule has 2 heteroatoms. The highest BCUT2D eigenvalue weighted by Crippen LogP contribution is 2.63. The maximum atomic E-state index is 11.4. The van der Waals surface area contributed by atoms with Gasteiger partial charge in [0.05, 0.1) is 11.2 Å². The Kier molecular flexibility index (Phi) is 6.84. The summed E-state index contributed by atoms with van der Waals surface area (Å²) in [5.74, 6) is 0.870. The number of benzene rings is 1. The third-order valence-corrected chi connectivity index (χ3v) is 9.11. The minimum atomic E-state index is -0.883. The van der Waals surface area contributed by atoms with E-state index in [1.54, 1.807) is 0 Å². The van der Waals surface area contributed by atoms with E-state index >= 15 is 0 Å². The lowest BCUT2D eigenvalue weighted by molar-refractivity contribution is -0.171. The maximum absolute atomic E-state index is 11.4. The van der Waals surface area contributed by atoms with E-state index in [0.717, 1.165) is 24.8 Å². The van der Waals surface area contributed by atoms with Gasteiger partial charge >= 0.3 is 0 Å². The van der Waals surface area contributed by atoms with E-state index < -0.39 is 11.2 Å². The first-order valence-electron chi connectivity index (χ1n) is 12.8. The summed E-state index contributed by atoms with van der Waals surface area (Å²) in [6.45, 7) is 17.9. The van der Waals surface area contributed by atoms with Crippen LogP contribution in [0.4, 0.5) is 0 Å². The van der Waals surface area contributed by atoms with Crippen LogP contribution in [0.5, 0.6) is 0 Å². The van der Waals surface area contributed by atoms with Crippen LogP contribution >= 0.6 is 0 Å². The van der Waals surface area contributed by atoms with Crippen LogP contribution in [0.25, 0.3) is 6.08 Å². The van der Waals surface area contributed by atoms with Gasteiger partial charge in [0.25, 0.3) is 0 Å². The lowest BCUT2D eigenvalue weighted by Crippen LogP contribution is -2.57. The molecule has 5 atom stereocenters. The highest BCUT2D eigenvalue weighted by molar-refractivity contribution is 5.51. The van der Waals surface area contributed by atoms with Crippen LogP contribution in [0.15, 0.2) is 30.3 Å². The van der Waals surface area contributed by atoms with Gasteiger partial charge in [-0.25, -0.2) is 0 Å². The third kappa shape index (κ3) is 5.33. The Morgan fingerprint density at radius 2 is 1.59 bits per heavy atom. The molecule has 1 aromatic rings. The van der Waals surface area contributed by atoms with Crippen molar-refractivity contribution in [3.63, 3.8) is 0 Å². The van der Waals surface area contributed by atoms with Gasteiger partial charge in [0, 0.05) is 0 Å². The first-order chi connectivity index (χ1) is 14.6. The molecule has 0 spiro atoms. The summed E-state index contributed by atoms with van der Waals surface area (Å²) in [6.07, 6.45) is 11.2. The van der Waals surface area contributed by atoms with Crippen molar-refractivity contribution in [2.45, 2.75) is 117 Å². The highest BCUT2D eigenvalue weighted by Gasteiger charge is 2.57. The van der Waals surface area contributed by atoms with Crippen molar-refractivity contribution in [3.05, 3.63) is 41.5 Å². The molecule has 0 bridgehead atoms. The van der Waals surface area contributed by atoms with Crippen molar-refractivity contribution in [2.24, 2.45) is 22.7 Å². The minimum absolute atomic E-state index is 0.145. The molecule has 0 aliphatic heterocycles. The van der Waals surface area contributed by atoms with E-state index in [9.17, 15) is 10.2 Å². The summed E-state index contributed by atoms with van der Waals surface area (Å²) in [5, 5.41) is 22.6.